The van der Waals surface area contributed by atoms with Gasteiger partial charge in [-0.1, -0.05) is 12.1 Å². The number of halogens is 2. The third-order valence-electron chi connectivity index (χ3n) is 2.67. The molecule has 0 fully saturated rings. The van der Waals surface area contributed by atoms with Gasteiger partial charge in [0.05, 0.1) is 17.1 Å². The van der Waals surface area contributed by atoms with Gasteiger partial charge in [-0.25, -0.2) is 4.39 Å². The fourth-order valence-corrected chi connectivity index (χ4v) is 1.99. The van der Waals surface area contributed by atoms with Crippen molar-refractivity contribution >= 4 is 21.7 Å². The number of carbonyl (C=O) groups is 1. The molecule has 5 heteroatoms. The van der Waals surface area contributed by atoms with Gasteiger partial charge in [0.2, 0.25) is 5.78 Å². The molecule has 0 aliphatic heterocycles. The summed E-state index contributed by atoms with van der Waals surface area (Å²) in [7, 11) is 1.54. The van der Waals surface area contributed by atoms with Gasteiger partial charge in [-0.2, -0.15) is 0 Å². The Bertz CT molecular complexity index is 628. The molecule has 0 saturated carbocycles. The highest BCUT2D eigenvalue weighted by Gasteiger charge is 2.12. The van der Waals surface area contributed by atoms with Crippen LogP contribution in [0.25, 0.3) is 0 Å². The number of hydrogen-bond donors (Lipinski definition) is 0. The molecule has 2 aromatic rings. The second kappa shape index (κ2) is 6.52. The molecule has 0 bridgehead atoms. The minimum absolute atomic E-state index is 0.0199. The van der Waals surface area contributed by atoms with Gasteiger partial charge in [0.15, 0.2) is 6.61 Å². The Labute approximate surface area is 124 Å². The molecule has 0 aliphatic rings. The lowest BCUT2D eigenvalue weighted by molar-refractivity contribution is 0.0916. The highest BCUT2D eigenvalue weighted by Crippen LogP contribution is 2.29. The van der Waals surface area contributed by atoms with Gasteiger partial charge in [0.25, 0.3) is 0 Å². The maximum absolute atomic E-state index is 13.5. The number of benzene rings is 2. The van der Waals surface area contributed by atoms with Crippen molar-refractivity contribution in [3.05, 3.63) is 58.3 Å². The Kier molecular flexibility index (Phi) is 4.74. The molecule has 0 aliphatic carbocycles. The number of Topliss-reactive ketones (excluding diaryl/α,β-unsaturated/α-hetero) is 1. The number of rotatable bonds is 5. The first kappa shape index (κ1) is 14.5. The molecular weight excluding hydrogens is 327 g/mol. The first-order valence-corrected chi connectivity index (χ1v) is 6.65. The van der Waals surface area contributed by atoms with E-state index >= 15 is 0 Å². The van der Waals surface area contributed by atoms with Crippen LogP contribution in [-0.2, 0) is 0 Å². The van der Waals surface area contributed by atoms with Crippen LogP contribution in [0.15, 0.2) is 46.9 Å². The van der Waals surface area contributed by atoms with E-state index in [-0.39, 0.29) is 12.2 Å². The summed E-state index contributed by atoms with van der Waals surface area (Å²) in [4.78, 5) is 11.9. The highest BCUT2D eigenvalue weighted by molar-refractivity contribution is 9.10. The van der Waals surface area contributed by atoms with Gasteiger partial charge < -0.3 is 9.47 Å². The van der Waals surface area contributed by atoms with Crippen LogP contribution in [0.1, 0.15) is 10.4 Å². The maximum atomic E-state index is 13.5. The first-order valence-electron chi connectivity index (χ1n) is 5.86. The maximum Gasteiger partial charge on any atom is 0.203 e. The molecule has 0 radical (unpaired) electrons. The molecule has 0 atom stereocenters. The Balaban J connectivity index is 2.09. The highest BCUT2D eigenvalue weighted by atomic mass is 79.9. The van der Waals surface area contributed by atoms with E-state index in [4.69, 9.17) is 9.47 Å². The molecule has 0 aromatic heterocycles. The molecule has 0 amide bonds. The zero-order valence-electron chi connectivity index (χ0n) is 10.7. The van der Waals surface area contributed by atoms with E-state index in [9.17, 15) is 9.18 Å². The summed E-state index contributed by atoms with van der Waals surface area (Å²) >= 11 is 3.31. The van der Waals surface area contributed by atoms with Gasteiger partial charge in [-0.05, 0) is 40.2 Å². The Hall–Kier alpha value is -1.88. The molecule has 0 spiro atoms. The summed E-state index contributed by atoms with van der Waals surface area (Å²) in [5, 5.41) is 0. The van der Waals surface area contributed by atoms with Crippen molar-refractivity contribution in [2.75, 3.05) is 13.7 Å². The predicted molar refractivity (Wildman–Crippen MR) is 76.9 cm³/mol. The number of carbonyl (C=O) groups excluding carboxylic acids is 1. The molecule has 2 rings (SSSR count). The van der Waals surface area contributed by atoms with Gasteiger partial charge in [-0.3, -0.25) is 4.79 Å². The average molecular weight is 339 g/mol. The van der Waals surface area contributed by atoms with Crippen LogP contribution < -0.4 is 9.47 Å². The van der Waals surface area contributed by atoms with E-state index in [1.807, 2.05) is 0 Å². The molecule has 0 saturated heterocycles. The van der Waals surface area contributed by atoms with Crippen molar-refractivity contribution in [2.24, 2.45) is 0 Å². The zero-order valence-corrected chi connectivity index (χ0v) is 12.3. The topological polar surface area (TPSA) is 35.5 Å². The Morgan fingerprint density at radius 3 is 2.70 bits per heavy atom. The quantitative estimate of drug-likeness (QED) is 0.776. The van der Waals surface area contributed by atoms with Gasteiger partial charge in [-0.15, -0.1) is 0 Å². The van der Waals surface area contributed by atoms with Crippen molar-refractivity contribution in [1.82, 2.24) is 0 Å². The number of ketones is 1. The van der Waals surface area contributed by atoms with E-state index in [1.54, 1.807) is 24.3 Å². The monoisotopic (exact) mass is 338 g/mol. The second-order valence-electron chi connectivity index (χ2n) is 3.99. The normalized spacial score (nSPS) is 10.2. The van der Waals surface area contributed by atoms with Crippen molar-refractivity contribution < 1.29 is 18.7 Å². The van der Waals surface area contributed by atoms with Crippen LogP contribution in [0.4, 0.5) is 4.39 Å². The molecular formula is C15H12BrFO3. The molecule has 104 valence electrons. The summed E-state index contributed by atoms with van der Waals surface area (Å²) in [5.41, 5.74) is 0.0199. The van der Waals surface area contributed by atoms with Crippen LogP contribution in [0.5, 0.6) is 11.5 Å². The summed E-state index contributed by atoms with van der Waals surface area (Å²) in [6.45, 7) is -0.243. The largest absolute Gasteiger partial charge is 0.497 e. The Morgan fingerprint density at radius 1 is 1.25 bits per heavy atom. The molecule has 0 N–H and O–H groups in total. The number of hydrogen-bond acceptors (Lipinski definition) is 3. The van der Waals surface area contributed by atoms with Crippen molar-refractivity contribution in [3.8, 4) is 11.5 Å². The van der Waals surface area contributed by atoms with E-state index in [0.29, 0.717) is 16.0 Å². The lowest BCUT2D eigenvalue weighted by Gasteiger charge is -2.09. The SMILES string of the molecule is COc1ccc(Br)c(OCC(=O)c2ccccc2F)c1. The van der Waals surface area contributed by atoms with Crippen LogP contribution in [0, 0.1) is 5.82 Å². The smallest absolute Gasteiger partial charge is 0.203 e. The number of methoxy groups -OCH3 is 1. The molecule has 0 unspecified atom stereocenters. The lowest BCUT2D eigenvalue weighted by Crippen LogP contribution is -2.13. The van der Waals surface area contributed by atoms with Crippen molar-refractivity contribution in [1.29, 1.82) is 0 Å². The second-order valence-corrected chi connectivity index (χ2v) is 4.84. The minimum Gasteiger partial charge on any atom is -0.497 e. The van der Waals surface area contributed by atoms with Crippen LogP contribution in [-0.4, -0.2) is 19.5 Å². The molecule has 3 nitrogen and oxygen atoms in total. The standard InChI is InChI=1S/C15H12BrFO3/c1-19-10-6-7-12(16)15(8-10)20-9-14(18)11-4-2-3-5-13(11)17/h2-8H,9H2,1H3. The Morgan fingerprint density at radius 2 is 2.00 bits per heavy atom. The van der Waals surface area contributed by atoms with Crippen molar-refractivity contribution in [3.63, 3.8) is 0 Å². The van der Waals surface area contributed by atoms with Crippen LogP contribution in [0.3, 0.4) is 0 Å². The van der Waals surface area contributed by atoms with E-state index < -0.39 is 11.6 Å². The molecule has 20 heavy (non-hydrogen) atoms. The summed E-state index contributed by atoms with van der Waals surface area (Å²) in [5.74, 6) is 0.110. The van der Waals surface area contributed by atoms with Crippen LogP contribution in [0.2, 0.25) is 0 Å². The molecule has 2 aromatic carbocycles. The molecule has 0 heterocycles. The average Bonchev–Trinajstić information content (AvgIpc) is 2.46. The van der Waals surface area contributed by atoms with Gasteiger partial charge in [0.1, 0.15) is 17.3 Å². The summed E-state index contributed by atoms with van der Waals surface area (Å²) < 4.78 is 24.6. The fraction of sp³-hybridized carbons (Fsp3) is 0.133. The summed E-state index contributed by atoms with van der Waals surface area (Å²) in [6.07, 6.45) is 0. The zero-order chi connectivity index (χ0) is 14.5. The van der Waals surface area contributed by atoms with Gasteiger partial charge >= 0.3 is 0 Å². The number of ether oxygens (including phenoxy) is 2. The summed E-state index contributed by atoms with van der Waals surface area (Å²) in [6, 6.07) is 11.0. The fourth-order valence-electron chi connectivity index (χ4n) is 1.63. The third kappa shape index (κ3) is 3.36. The minimum atomic E-state index is -0.550. The van der Waals surface area contributed by atoms with E-state index in [2.05, 4.69) is 15.9 Å². The van der Waals surface area contributed by atoms with Gasteiger partial charge in [0, 0.05) is 6.07 Å². The predicted octanol–water partition coefficient (Wildman–Crippen LogP) is 3.86. The van der Waals surface area contributed by atoms with E-state index in [0.717, 1.165) is 0 Å². The van der Waals surface area contributed by atoms with E-state index in [1.165, 1.54) is 25.3 Å². The first-order chi connectivity index (χ1) is 9.61. The van der Waals surface area contributed by atoms with Crippen molar-refractivity contribution in [2.45, 2.75) is 0 Å². The lowest BCUT2D eigenvalue weighted by atomic mass is 10.1. The van der Waals surface area contributed by atoms with Crippen LogP contribution >= 0.6 is 15.9 Å². The third-order valence-corrected chi connectivity index (χ3v) is 3.33.